The van der Waals surface area contributed by atoms with E-state index in [0.29, 0.717) is 19.4 Å². The molecular weight excluding hydrogens is 226 g/mol. The maximum absolute atomic E-state index is 11.5. The van der Waals surface area contributed by atoms with Gasteiger partial charge in [-0.3, -0.25) is 4.79 Å². The summed E-state index contributed by atoms with van der Waals surface area (Å²) in [5.74, 6) is 0.0329. The topological polar surface area (TPSA) is 38.3 Å². The minimum atomic E-state index is -0.0983. The van der Waals surface area contributed by atoms with Crippen molar-refractivity contribution in [3.05, 3.63) is 48.0 Å². The van der Waals surface area contributed by atoms with Crippen LogP contribution < -0.4 is 5.32 Å². The van der Waals surface area contributed by atoms with Crippen molar-refractivity contribution in [2.45, 2.75) is 25.9 Å². The number of hydrogen-bond acceptors (Lipinski definition) is 2. The van der Waals surface area contributed by atoms with E-state index in [0.717, 1.165) is 5.56 Å². The van der Waals surface area contributed by atoms with Gasteiger partial charge in [0.1, 0.15) is 0 Å². The second-order valence-electron chi connectivity index (χ2n) is 4.21. The Balaban J connectivity index is 2.55. The van der Waals surface area contributed by atoms with Crippen molar-refractivity contribution >= 4 is 5.91 Å². The number of carbonyl (C=O) groups excluding carboxylic acids is 1. The van der Waals surface area contributed by atoms with Gasteiger partial charge in [-0.05, 0) is 24.5 Å². The predicted molar refractivity (Wildman–Crippen MR) is 73.4 cm³/mol. The maximum atomic E-state index is 11.5. The van der Waals surface area contributed by atoms with E-state index in [-0.39, 0.29) is 12.0 Å². The van der Waals surface area contributed by atoms with Gasteiger partial charge in [0, 0.05) is 20.1 Å². The monoisotopic (exact) mass is 247 g/mol. The van der Waals surface area contributed by atoms with Gasteiger partial charge in [-0.2, -0.15) is 0 Å². The Labute approximate surface area is 109 Å². The molecule has 0 aliphatic rings. The molecule has 0 spiro atoms. The van der Waals surface area contributed by atoms with Gasteiger partial charge in [0.05, 0.1) is 6.10 Å². The number of hydrogen-bond donors (Lipinski definition) is 1. The Bertz CT molecular complexity index is 401. The van der Waals surface area contributed by atoms with Gasteiger partial charge in [-0.25, -0.2) is 0 Å². The standard InChI is InChI=1S/C15H21NO2/c1-4-5-10-15(17)16-11-14(18-3)13-9-7-6-8-12(13)2/h4,6-9,14H,1,5,10-11H2,2-3H3,(H,16,17). The van der Waals surface area contributed by atoms with Gasteiger partial charge < -0.3 is 10.1 Å². The molecule has 1 rings (SSSR count). The summed E-state index contributed by atoms with van der Waals surface area (Å²) >= 11 is 0. The number of nitrogens with one attached hydrogen (secondary N) is 1. The molecule has 3 heteroatoms. The van der Waals surface area contributed by atoms with Crippen LogP contribution in [0.4, 0.5) is 0 Å². The van der Waals surface area contributed by atoms with Crippen LogP contribution in [0, 0.1) is 6.92 Å². The molecule has 0 aliphatic heterocycles. The second-order valence-corrected chi connectivity index (χ2v) is 4.21. The molecule has 0 fully saturated rings. The summed E-state index contributed by atoms with van der Waals surface area (Å²) in [6.07, 6.45) is 2.83. The van der Waals surface area contributed by atoms with Crippen molar-refractivity contribution in [2.24, 2.45) is 0 Å². The zero-order chi connectivity index (χ0) is 13.4. The molecular formula is C15H21NO2. The van der Waals surface area contributed by atoms with E-state index in [2.05, 4.69) is 11.9 Å². The first-order chi connectivity index (χ1) is 8.69. The molecule has 1 N–H and O–H groups in total. The number of methoxy groups -OCH3 is 1. The second kappa shape index (κ2) is 7.67. The predicted octanol–water partition coefficient (Wildman–Crippen LogP) is 2.76. The summed E-state index contributed by atoms with van der Waals surface area (Å²) in [7, 11) is 1.66. The summed E-state index contributed by atoms with van der Waals surface area (Å²) in [5, 5.41) is 2.88. The molecule has 1 aromatic rings. The van der Waals surface area contributed by atoms with Gasteiger partial charge in [0.25, 0.3) is 0 Å². The molecule has 0 aromatic heterocycles. The summed E-state index contributed by atoms with van der Waals surface area (Å²) in [6.45, 7) is 6.14. The lowest BCUT2D eigenvalue weighted by Gasteiger charge is -2.18. The highest BCUT2D eigenvalue weighted by atomic mass is 16.5. The molecule has 98 valence electrons. The van der Waals surface area contributed by atoms with E-state index in [9.17, 15) is 4.79 Å². The Morgan fingerprint density at radius 2 is 2.22 bits per heavy atom. The fourth-order valence-corrected chi connectivity index (χ4v) is 1.80. The van der Waals surface area contributed by atoms with Crippen LogP contribution in [0.1, 0.15) is 30.1 Å². The normalized spacial score (nSPS) is 11.9. The highest BCUT2D eigenvalue weighted by Gasteiger charge is 2.13. The third-order valence-electron chi connectivity index (χ3n) is 2.88. The first-order valence-electron chi connectivity index (χ1n) is 6.15. The van der Waals surface area contributed by atoms with Crippen LogP contribution in [-0.2, 0) is 9.53 Å². The van der Waals surface area contributed by atoms with E-state index in [1.807, 2.05) is 31.2 Å². The largest absolute Gasteiger partial charge is 0.375 e. The number of rotatable bonds is 7. The third-order valence-corrected chi connectivity index (χ3v) is 2.88. The summed E-state index contributed by atoms with van der Waals surface area (Å²) in [4.78, 5) is 11.5. The molecule has 18 heavy (non-hydrogen) atoms. The van der Waals surface area contributed by atoms with Crippen molar-refractivity contribution in [1.82, 2.24) is 5.32 Å². The molecule has 1 atom stereocenters. The minimum Gasteiger partial charge on any atom is -0.375 e. The Morgan fingerprint density at radius 1 is 1.50 bits per heavy atom. The van der Waals surface area contributed by atoms with Gasteiger partial charge in [0.15, 0.2) is 0 Å². The molecule has 0 bridgehead atoms. The molecule has 3 nitrogen and oxygen atoms in total. The van der Waals surface area contributed by atoms with Crippen molar-refractivity contribution in [2.75, 3.05) is 13.7 Å². The first kappa shape index (κ1) is 14.5. The quantitative estimate of drug-likeness (QED) is 0.752. The van der Waals surface area contributed by atoms with Crippen LogP contribution in [0.2, 0.25) is 0 Å². The van der Waals surface area contributed by atoms with E-state index in [4.69, 9.17) is 4.74 Å². The molecule has 1 amide bonds. The summed E-state index contributed by atoms with van der Waals surface area (Å²) in [6, 6.07) is 8.04. The molecule has 0 heterocycles. The SMILES string of the molecule is C=CCCC(=O)NCC(OC)c1ccccc1C. The first-order valence-corrected chi connectivity index (χ1v) is 6.15. The Hall–Kier alpha value is -1.61. The highest BCUT2D eigenvalue weighted by Crippen LogP contribution is 2.19. The van der Waals surface area contributed by atoms with E-state index < -0.39 is 0 Å². The number of carbonyl (C=O) groups is 1. The van der Waals surface area contributed by atoms with Crippen LogP contribution in [0.15, 0.2) is 36.9 Å². The average Bonchev–Trinajstić information content (AvgIpc) is 2.39. The van der Waals surface area contributed by atoms with Gasteiger partial charge in [-0.1, -0.05) is 30.3 Å². The Kier molecular flexibility index (Phi) is 6.15. The highest BCUT2D eigenvalue weighted by molar-refractivity contribution is 5.76. The minimum absolute atomic E-state index is 0.0329. The van der Waals surface area contributed by atoms with Crippen molar-refractivity contribution in [3.8, 4) is 0 Å². The number of ether oxygens (including phenoxy) is 1. The molecule has 0 aliphatic carbocycles. The van der Waals surface area contributed by atoms with Crippen molar-refractivity contribution < 1.29 is 9.53 Å². The van der Waals surface area contributed by atoms with Crippen molar-refractivity contribution in [3.63, 3.8) is 0 Å². The van der Waals surface area contributed by atoms with Crippen LogP contribution >= 0.6 is 0 Å². The molecule has 0 saturated heterocycles. The number of benzene rings is 1. The lowest BCUT2D eigenvalue weighted by Crippen LogP contribution is -2.29. The number of amides is 1. The number of allylic oxidation sites excluding steroid dienone is 1. The third kappa shape index (κ3) is 4.34. The Morgan fingerprint density at radius 3 is 2.83 bits per heavy atom. The molecule has 0 saturated carbocycles. The number of aryl methyl sites for hydroxylation is 1. The van der Waals surface area contributed by atoms with E-state index in [1.165, 1.54) is 5.56 Å². The van der Waals surface area contributed by atoms with Gasteiger partial charge in [-0.15, -0.1) is 6.58 Å². The van der Waals surface area contributed by atoms with Crippen LogP contribution in [-0.4, -0.2) is 19.6 Å². The zero-order valence-corrected chi connectivity index (χ0v) is 11.1. The summed E-state index contributed by atoms with van der Waals surface area (Å²) < 4.78 is 5.44. The lowest BCUT2D eigenvalue weighted by molar-refractivity contribution is -0.121. The van der Waals surface area contributed by atoms with Crippen LogP contribution in [0.25, 0.3) is 0 Å². The smallest absolute Gasteiger partial charge is 0.220 e. The fraction of sp³-hybridized carbons (Fsp3) is 0.400. The molecule has 0 radical (unpaired) electrons. The fourth-order valence-electron chi connectivity index (χ4n) is 1.80. The van der Waals surface area contributed by atoms with Gasteiger partial charge >= 0.3 is 0 Å². The lowest BCUT2D eigenvalue weighted by atomic mass is 10.0. The summed E-state index contributed by atoms with van der Waals surface area (Å²) in [5.41, 5.74) is 2.29. The van der Waals surface area contributed by atoms with Crippen LogP contribution in [0.3, 0.4) is 0 Å². The zero-order valence-electron chi connectivity index (χ0n) is 11.1. The van der Waals surface area contributed by atoms with E-state index in [1.54, 1.807) is 13.2 Å². The van der Waals surface area contributed by atoms with Gasteiger partial charge in [0.2, 0.25) is 5.91 Å². The van der Waals surface area contributed by atoms with E-state index >= 15 is 0 Å². The van der Waals surface area contributed by atoms with Crippen LogP contribution in [0.5, 0.6) is 0 Å². The molecule has 1 unspecified atom stereocenters. The average molecular weight is 247 g/mol. The maximum Gasteiger partial charge on any atom is 0.220 e. The molecule has 1 aromatic carbocycles. The van der Waals surface area contributed by atoms with Crippen molar-refractivity contribution in [1.29, 1.82) is 0 Å².